The van der Waals surface area contributed by atoms with Crippen LogP contribution in [-0.4, -0.2) is 13.3 Å². The van der Waals surface area contributed by atoms with Gasteiger partial charge in [-0.05, 0) is 13.3 Å². The summed E-state index contributed by atoms with van der Waals surface area (Å²) in [5.74, 6) is 0. The fourth-order valence-corrected chi connectivity index (χ4v) is 0. The summed E-state index contributed by atoms with van der Waals surface area (Å²) >= 11 is 0. The van der Waals surface area contributed by atoms with Crippen LogP contribution >= 0.6 is 8.58 Å². The van der Waals surface area contributed by atoms with Crippen molar-refractivity contribution in [3.05, 3.63) is 0 Å². The summed E-state index contributed by atoms with van der Waals surface area (Å²) in [4.78, 5) is 0. The monoisotopic (exact) mass is 120 g/mol. The van der Waals surface area contributed by atoms with Crippen LogP contribution in [0.15, 0.2) is 0 Å². The van der Waals surface area contributed by atoms with Gasteiger partial charge in [-0.3, -0.25) is 0 Å². The summed E-state index contributed by atoms with van der Waals surface area (Å²) in [6, 6.07) is 0. The van der Waals surface area contributed by atoms with Crippen molar-refractivity contribution in [1.29, 1.82) is 0 Å². The zero-order valence-electron chi connectivity index (χ0n) is 5.91. The summed E-state index contributed by atoms with van der Waals surface area (Å²) < 4.78 is 0. The highest BCUT2D eigenvalue weighted by Gasteiger charge is 1.56. The molecule has 0 rings (SSSR count). The van der Waals surface area contributed by atoms with Crippen molar-refractivity contribution in [3.8, 4) is 0 Å². The van der Waals surface area contributed by atoms with Crippen molar-refractivity contribution in [2.24, 2.45) is 0 Å². The molecule has 0 saturated heterocycles. The minimum atomic E-state index is 1.08. The van der Waals surface area contributed by atoms with E-state index < -0.39 is 0 Å². The van der Waals surface area contributed by atoms with Gasteiger partial charge in [0, 0.05) is 0 Å². The summed E-state index contributed by atoms with van der Waals surface area (Å²) in [5, 5.41) is 0. The molecule has 46 valence electrons. The van der Waals surface area contributed by atoms with E-state index in [9.17, 15) is 0 Å². The molecule has 0 N–H and O–H groups in total. The average molecular weight is 120 g/mol. The summed E-state index contributed by atoms with van der Waals surface area (Å²) in [6.45, 7) is 8.67. The minimum absolute atomic E-state index is 1.08. The molecule has 0 aliphatic rings. The van der Waals surface area contributed by atoms with E-state index in [4.69, 9.17) is 0 Å². The maximum absolute atomic E-state index is 2.18. The molecular weight excluding hydrogens is 103 g/mol. The van der Waals surface area contributed by atoms with Crippen molar-refractivity contribution >= 4 is 8.58 Å². The van der Waals surface area contributed by atoms with Crippen molar-refractivity contribution in [2.45, 2.75) is 26.7 Å². The first kappa shape index (κ1) is 10.4. The third-order valence-electron chi connectivity index (χ3n) is 0.500. The fourth-order valence-electron chi connectivity index (χ4n) is 0. The quantitative estimate of drug-likeness (QED) is 0.467. The molecule has 1 heteroatoms. The molecule has 0 fully saturated rings. The zero-order chi connectivity index (χ0) is 6.12. The van der Waals surface area contributed by atoms with Gasteiger partial charge in [0.15, 0.2) is 0 Å². The second kappa shape index (κ2) is 16.1. The van der Waals surface area contributed by atoms with Gasteiger partial charge in [-0.1, -0.05) is 26.7 Å². The Morgan fingerprint density at radius 3 is 1.14 bits per heavy atom. The third-order valence-corrected chi connectivity index (χ3v) is 0.500. The molecule has 0 spiro atoms. The molecule has 0 amide bonds. The van der Waals surface area contributed by atoms with Crippen LogP contribution in [0.25, 0.3) is 0 Å². The van der Waals surface area contributed by atoms with Gasteiger partial charge in [0.05, 0.1) is 0 Å². The third kappa shape index (κ3) is 61.7. The van der Waals surface area contributed by atoms with Gasteiger partial charge in [0.2, 0.25) is 0 Å². The molecule has 0 heterocycles. The Morgan fingerprint density at radius 2 is 1.14 bits per heavy atom. The SMILES string of the molecule is CCCC.CPC. The number of unbranched alkanes of at least 4 members (excludes halogenated alkanes) is 1. The lowest BCUT2D eigenvalue weighted by Crippen LogP contribution is -1.47. The van der Waals surface area contributed by atoms with E-state index in [1.165, 1.54) is 12.8 Å². The van der Waals surface area contributed by atoms with E-state index in [0.29, 0.717) is 0 Å². The predicted octanol–water partition coefficient (Wildman–Crippen LogP) is 2.73. The Kier molecular flexibility index (Phi) is 24.0. The average Bonchev–Trinajstić information content (AvgIpc) is 1.69. The maximum Gasteiger partial charge on any atom is -0.0475 e. The molecule has 0 unspecified atom stereocenters. The van der Waals surface area contributed by atoms with Crippen LogP contribution in [0, 0.1) is 0 Å². The van der Waals surface area contributed by atoms with Crippen LogP contribution in [0.5, 0.6) is 0 Å². The Labute approximate surface area is 49.5 Å². The first-order chi connectivity index (χ1) is 3.33. The van der Waals surface area contributed by atoms with Crippen molar-refractivity contribution in [2.75, 3.05) is 13.3 Å². The Hall–Kier alpha value is 0.430. The van der Waals surface area contributed by atoms with Gasteiger partial charge in [0.25, 0.3) is 0 Å². The molecule has 0 aromatic heterocycles. The molecule has 0 aromatic rings. The lowest BCUT2D eigenvalue weighted by atomic mass is 10.4. The van der Waals surface area contributed by atoms with E-state index in [-0.39, 0.29) is 0 Å². The maximum atomic E-state index is 2.18. The van der Waals surface area contributed by atoms with E-state index >= 15 is 0 Å². The molecule has 0 saturated carbocycles. The minimum Gasteiger partial charge on any atom is -0.129 e. The van der Waals surface area contributed by atoms with Crippen LogP contribution in [0.1, 0.15) is 26.7 Å². The van der Waals surface area contributed by atoms with Crippen molar-refractivity contribution < 1.29 is 0 Å². The molecule has 0 aliphatic heterocycles. The van der Waals surface area contributed by atoms with Crippen LogP contribution < -0.4 is 0 Å². The standard InChI is InChI=1S/C4H10.C2H7P/c1-3-4-2;1-3-2/h3-4H2,1-2H3;3H,1-2H3. The Morgan fingerprint density at radius 1 is 1.00 bits per heavy atom. The number of hydrogen-bond acceptors (Lipinski definition) is 0. The molecule has 0 aromatic carbocycles. The molecule has 0 bridgehead atoms. The van der Waals surface area contributed by atoms with Crippen LogP contribution in [0.4, 0.5) is 0 Å². The Balaban J connectivity index is 0. The lowest BCUT2D eigenvalue weighted by Gasteiger charge is -1.68. The van der Waals surface area contributed by atoms with Crippen molar-refractivity contribution in [3.63, 3.8) is 0 Å². The zero-order valence-corrected chi connectivity index (χ0v) is 6.91. The highest BCUT2D eigenvalue weighted by molar-refractivity contribution is 7.35. The normalized spacial score (nSPS) is 6.86. The first-order valence-corrected chi connectivity index (χ1v) is 4.91. The Bertz CT molecular complexity index is 11.7. The van der Waals surface area contributed by atoms with Crippen LogP contribution in [-0.2, 0) is 0 Å². The molecule has 0 nitrogen and oxygen atoms in total. The molecule has 0 aliphatic carbocycles. The molecule has 7 heavy (non-hydrogen) atoms. The van der Waals surface area contributed by atoms with Gasteiger partial charge < -0.3 is 0 Å². The van der Waals surface area contributed by atoms with Crippen LogP contribution in [0.2, 0.25) is 0 Å². The molecule has 0 radical (unpaired) electrons. The molecular formula is C6H17P. The topological polar surface area (TPSA) is 0 Å². The van der Waals surface area contributed by atoms with E-state index in [2.05, 4.69) is 27.2 Å². The van der Waals surface area contributed by atoms with Gasteiger partial charge in [0.1, 0.15) is 0 Å². The van der Waals surface area contributed by atoms with Gasteiger partial charge >= 0.3 is 0 Å². The smallest absolute Gasteiger partial charge is 0.0475 e. The van der Waals surface area contributed by atoms with E-state index in [0.717, 1.165) is 8.58 Å². The second-order valence-corrected chi connectivity index (χ2v) is 2.50. The largest absolute Gasteiger partial charge is 0.129 e. The summed E-state index contributed by atoms with van der Waals surface area (Å²) in [6.07, 6.45) is 2.64. The summed E-state index contributed by atoms with van der Waals surface area (Å²) in [7, 11) is 1.08. The van der Waals surface area contributed by atoms with Gasteiger partial charge in [-0.15, -0.1) is 8.58 Å². The summed E-state index contributed by atoms with van der Waals surface area (Å²) in [5.41, 5.74) is 0. The van der Waals surface area contributed by atoms with Gasteiger partial charge in [-0.25, -0.2) is 0 Å². The van der Waals surface area contributed by atoms with Crippen molar-refractivity contribution in [1.82, 2.24) is 0 Å². The van der Waals surface area contributed by atoms with Gasteiger partial charge in [-0.2, -0.15) is 0 Å². The highest BCUT2D eigenvalue weighted by Crippen LogP contribution is 1.84. The first-order valence-electron chi connectivity index (χ1n) is 2.91. The highest BCUT2D eigenvalue weighted by atomic mass is 31.1. The second-order valence-electron chi connectivity index (χ2n) is 1.50. The fraction of sp³-hybridized carbons (Fsp3) is 1.00. The van der Waals surface area contributed by atoms with E-state index in [1.807, 2.05) is 0 Å². The number of rotatable bonds is 1. The number of hydrogen-bond donors (Lipinski definition) is 0. The molecule has 0 atom stereocenters. The predicted molar refractivity (Wildman–Crippen MR) is 40.7 cm³/mol. The van der Waals surface area contributed by atoms with E-state index in [1.54, 1.807) is 0 Å². The lowest BCUT2D eigenvalue weighted by molar-refractivity contribution is 0.886. The van der Waals surface area contributed by atoms with Crippen LogP contribution in [0.3, 0.4) is 0 Å².